The first-order chi connectivity index (χ1) is 2.27. The van der Waals surface area contributed by atoms with Crippen LogP contribution in [0.2, 0.25) is 0 Å². The Morgan fingerprint density at radius 1 is 1.80 bits per heavy atom. The van der Waals surface area contributed by atoms with Crippen molar-refractivity contribution in [2.24, 2.45) is 0 Å². The zero-order chi connectivity index (χ0) is 4.28. The number of hydrogen-bond acceptors (Lipinski definition) is 2. The van der Waals surface area contributed by atoms with Gasteiger partial charge in [0.25, 0.3) is 0 Å². The van der Waals surface area contributed by atoms with Gasteiger partial charge in [0.1, 0.15) is 0 Å². The second-order valence-electron chi connectivity index (χ2n) is 0.399. The van der Waals surface area contributed by atoms with Gasteiger partial charge < -0.3 is 0 Å². The standard InChI is InChI=1S/C2NO2/c3-1-2(4)5. The lowest BCUT2D eigenvalue weighted by Crippen LogP contribution is -1.80. The summed E-state index contributed by atoms with van der Waals surface area (Å²) in [5, 5.41) is 16.1. The fraction of sp³-hybridized carbons (Fsp3) is 0. The first-order valence-corrected chi connectivity index (χ1v) is 0.882. The molecule has 0 aliphatic heterocycles. The Morgan fingerprint density at radius 3 is 2.00 bits per heavy atom. The molecule has 1 radical (unpaired) electrons. The van der Waals surface area contributed by atoms with Gasteiger partial charge in [0.15, 0.2) is 6.07 Å². The maximum atomic E-state index is 8.90. The van der Waals surface area contributed by atoms with Gasteiger partial charge in [-0.15, -0.1) is 0 Å². The molecule has 0 atom stereocenters. The number of carbonyl (C=O) groups is 1. The molecule has 0 aromatic rings. The molecular weight excluding hydrogens is 70.0 g/mol. The fourth-order valence-electron chi connectivity index (χ4n) is 0. The maximum Gasteiger partial charge on any atom is 0.455 e. The van der Waals surface area contributed by atoms with Crippen molar-refractivity contribution in [1.82, 2.24) is 0 Å². The van der Waals surface area contributed by atoms with Crippen LogP contribution in [0.3, 0.4) is 0 Å². The minimum atomic E-state index is -1.69. The zero-order valence-corrected chi connectivity index (χ0v) is 2.26. The lowest BCUT2D eigenvalue weighted by molar-refractivity contribution is -0.136. The average Bonchev–Trinajstić information content (AvgIpc) is 1.38. The van der Waals surface area contributed by atoms with E-state index >= 15 is 0 Å². The van der Waals surface area contributed by atoms with Crippen molar-refractivity contribution in [3.8, 4) is 6.07 Å². The quantitative estimate of drug-likeness (QED) is 0.359. The number of nitriles is 1. The molecule has 3 nitrogen and oxygen atoms in total. The molecule has 0 heterocycles. The molecule has 25 valence electrons. The highest BCUT2D eigenvalue weighted by molar-refractivity contribution is 5.83. The topological polar surface area (TPSA) is 60.8 Å². The van der Waals surface area contributed by atoms with Crippen LogP contribution in [0.25, 0.3) is 0 Å². The van der Waals surface area contributed by atoms with E-state index in [1.807, 2.05) is 0 Å². The summed E-state index contributed by atoms with van der Waals surface area (Å²) in [5.41, 5.74) is 0. The lowest BCUT2D eigenvalue weighted by Gasteiger charge is -1.47. The lowest BCUT2D eigenvalue weighted by atomic mass is 10.8. The second kappa shape index (κ2) is 1.30. The van der Waals surface area contributed by atoms with Crippen molar-refractivity contribution < 1.29 is 9.90 Å². The maximum absolute atomic E-state index is 8.90. The second-order valence-corrected chi connectivity index (χ2v) is 0.399. The van der Waals surface area contributed by atoms with E-state index in [2.05, 4.69) is 0 Å². The highest BCUT2D eigenvalue weighted by atomic mass is 16.4. The monoisotopic (exact) mass is 70.0 g/mol. The molecule has 3 heteroatoms. The Bertz CT molecular complexity index is 80.1. The summed E-state index contributed by atoms with van der Waals surface area (Å²) in [6.07, 6.45) is 0. The molecule has 0 aromatic carbocycles. The first-order valence-electron chi connectivity index (χ1n) is 0.882. The average molecular weight is 70.0 g/mol. The molecule has 0 saturated carbocycles. The van der Waals surface area contributed by atoms with Crippen LogP contribution in [0.1, 0.15) is 0 Å². The summed E-state index contributed by atoms with van der Waals surface area (Å²) in [4.78, 5) is 8.90. The van der Waals surface area contributed by atoms with Crippen molar-refractivity contribution in [2.45, 2.75) is 0 Å². The van der Waals surface area contributed by atoms with E-state index in [1.165, 1.54) is 0 Å². The molecule has 0 aliphatic carbocycles. The molecule has 0 aliphatic rings. The van der Waals surface area contributed by atoms with Gasteiger partial charge in [-0.25, -0.2) is 9.90 Å². The molecule has 0 spiro atoms. The van der Waals surface area contributed by atoms with E-state index in [0.717, 1.165) is 6.07 Å². The SMILES string of the molecule is N#CC([O])=O. The van der Waals surface area contributed by atoms with Crippen molar-refractivity contribution in [1.29, 1.82) is 5.26 Å². The summed E-state index contributed by atoms with van der Waals surface area (Å²) < 4.78 is 0. The summed E-state index contributed by atoms with van der Waals surface area (Å²) in [6, 6.07) is 0.833. The van der Waals surface area contributed by atoms with E-state index in [9.17, 15) is 0 Å². The number of hydrogen-bond donors (Lipinski definition) is 0. The summed E-state index contributed by atoms with van der Waals surface area (Å²) in [7, 11) is 0. The highest BCUT2D eigenvalue weighted by Crippen LogP contribution is 1.47. The Morgan fingerprint density at radius 2 is 2.00 bits per heavy atom. The molecule has 0 rings (SSSR count). The van der Waals surface area contributed by atoms with Crippen LogP contribution in [-0.4, -0.2) is 5.97 Å². The van der Waals surface area contributed by atoms with E-state index < -0.39 is 5.97 Å². The Labute approximate surface area is 28.5 Å². The van der Waals surface area contributed by atoms with Gasteiger partial charge in [0.05, 0.1) is 0 Å². The summed E-state index contributed by atoms with van der Waals surface area (Å²) >= 11 is 0. The smallest absolute Gasteiger partial charge is 0.229 e. The van der Waals surface area contributed by atoms with Gasteiger partial charge in [0.2, 0.25) is 0 Å². The van der Waals surface area contributed by atoms with Crippen LogP contribution in [0.15, 0.2) is 0 Å². The van der Waals surface area contributed by atoms with Crippen LogP contribution >= 0.6 is 0 Å². The third-order valence-corrected chi connectivity index (χ3v) is 0.0913. The molecular formula is C2NO2. The minimum absolute atomic E-state index is 0.833. The van der Waals surface area contributed by atoms with Crippen molar-refractivity contribution in [2.75, 3.05) is 0 Å². The fourth-order valence-corrected chi connectivity index (χ4v) is 0. The molecule has 0 unspecified atom stereocenters. The molecule has 0 bridgehead atoms. The van der Waals surface area contributed by atoms with Crippen molar-refractivity contribution in [3.05, 3.63) is 0 Å². The zero-order valence-electron chi connectivity index (χ0n) is 2.26. The normalized spacial score (nSPS) is 5.40. The Kier molecular flexibility index (Phi) is 1.03. The van der Waals surface area contributed by atoms with Gasteiger partial charge in [0, 0.05) is 0 Å². The Hall–Kier alpha value is -1.04. The van der Waals surface area contributed by atoms with E-state index in [-0.39, 0.29) is 0 Å². The van der Waals surface area contributed by atoms with Crippen molar-refractivity contribution >= 4 is 5.97 Å². The summed E-state index contributed by atoms with van der Waals surface area (Å²) in [5.74, 6) is -1.69. The molecule has 0 fully saturated rings. The predicted molar refractivity (Wildman–Crippen MR) is 11.3 cm³/mol. The highest BCUT2D eigenvalue weighted by Gasteiger charge is 1.85. The molecule has 0 saturated heterocycles. The number of nitrogens with zero attached hydrogens (tertiary/aromatic N) is 1. The first kappa shape index (κ1) is 3.96. The van der Waals surface area contributed by atoms with Crippen LogP contribution in [-0.2, 0) is 9.90 Å². The van der Waals surface area contributed by atoms with Gasteiger partial charge in [-0.2, -0.15) is 5.26 Å². The third-order valence-electron chi connectivity index (χ3n) is 0.0913. The van der Waals surface area contributed by atoms with Gasteiger partial charge in [-0.1, -0.05) is 0 Å². The van der Waals surface area contributed by atoms with E-state index in [0.29, 0.717) is 0 Å². The minimum Gasteiger partial charge on any atom is -0.229 e. The molecule has 0 amide bonds. The van der Waals surface area contributed by atoms with Crippen LogP contribution in [0.5, 0.6) is 0 Å². The molecule has 0 N–H and O–H groups in total. The third kappa shape index (κ3) is 2.96. The van der Waals surface area contributed by atoms with Gasteiger partial charge >= 0.3 is 5.97 Å². The van der Waals surface area contributed by atoms with Gasteiger partial charge in [-0.3, -0.25) is 0 Å². The van der Waals surface area contributed by atoms with Crippen LogP contribution in [0.4, 0.5) is 0 Å². The Balaban J connectivity index is 3.35. The van der Waals surface area contributed by atoms with E-state index in [1.54, 1.807) is 0 Å². The van der Waals surface area contributed by atoms with E-state index in [4.69, 9.17) is 15.2 Å². The van der Waals surface area contributed by atoms with Crippen LogP contribution < -0.4 is 0 Å². The predicted octanol–water partition coefficient (Wildman–Crippen LogP) is -0.533. The molecule has 5 heavy (non-hydrogen) atoms. The number of carbonyl (C=O) groups excluding carboxylic acids is 1. The molecule has 0 aromatic heterocycles. The summed E-state index contributed by atoms with van der Waals surface area (Å²) in [6.45, 7) is 0. The largest absolute Gasteiger partial charge is 0.455 e. The van der Waals surface area contributed by atoms with Crippen molar-refractivity contribution in [3.63, 3.8) is 0 Å². The van der Waals surface area contributed by atoms with Gasteiger partial charge in [-0.05, 0) is 0 Å². The van der Waals surface area contributed by atoms with Crippen LogP contribution in [0, 0.1) is 11.3 Å². The number of rotatable bonds is 0.